The Kier molecular flexibility index (Phi) is 4.41. The normalized spacial score (nSPS) is 18.8. The monoisotopic (exact) mass is 252 g/mol. The SMILES string of the molecule is CC(C)N1CCC(Cc2ccc(Cl)nc2)CC1. The van der Waals surface area contributed by atoms with Crippen LogP contribution in [0.15, 0.2) is 18.3 Å². The molecule has 0 N–H and O–H groups in total. The van der Waals surface area contributed by atoms with E-state index in [2.05, 4.69) is 29.8 Å². The van der Waals surface area contributed by atoms with E-state index >= 15 is 0 Å². The molecule has 0 saturated carbocycles. The number of piperidine rings is 1. The van der Waals surface area contributed by atoms with Gasteiger partial charge in [0.05, 0.1) is 0 Å². The van der Waals surface area contributed by atoms with Gasteiger partial charge in [-0.1, -0.05) is 17.7 Å². The van der Waals surface area contributed by atoms with Gasteiger partial charge in [-0.05, 0) is 63.7 Å². The summed E-state index contributed by atoms with van der Waals surface area (Å²) in [4.78, 5) is 6.71. The maximum Gasteiger partial charge on any atom is 0.129 e. The molecular formula is C14H21ClN2. The maximum atomic E-state index is 5.79. The van der Waals surface area contributed by atoms with E-state index in [4.69, 9.17) is 11.6 Å². The van der Waals surface area contributed by atoms with E-state index in [-0.39, 0.29) is 0 Å². The quantitative estimate of drug-likeness (QED) is 0.767. The Balaban J connectivity index is 1.84. The third-order valence-corrected chi connectivity index (χ3v) is 3.92. The number of halogens is 1. The molecule has 0 amide bonds. The van der Waals surface area contributed by atoms with Crippen LogP contribution in [-0.4, -0.2) is 29.0 Å². The molecule has 1 aliphatic rings. The Morgan fingerprint density at radius 1 is 1.35 bits per heavy atom. The molecule has 0 aliphatic carbocycles. The second kappa shape index (κ2) is 5.83. The highest BCUT2D eigenvalue weighted by Gasteiger charge is 2.20. The molecule has 0 bridgehead atoms. The first-order chi connectivity index (χ1) is 8.15. The molecule has 0 radical (unpaired) electrons. The predicted octanol–water partition coefficient (Wildman–Crippen LogP) is 3.40. The number of pyridine rings is 1. The van der Waals surface area contributed by atoms with Crippen molar-refractivity contribution in [3.05, 3.63) is 29.0 Å². The van der Waals surface area contributed by atoms with Crippen molar-refractivity contribution < 1.29 is 0 Å². The van der Waals surface area contributed by atoms with Crippen LogP contribution in [-0.2, 0) is 6.42 Å². The van der Waals surface area contributed by atoms with Crippen LogP contribution in [0.4, 0.5) is 0 Å². The summed E-state index contributed by atoms with van der Waals surface area (Å²) in [5, 5.41) is 0.586. The van der Waals surface area contributed by atoms with Gasteiger partial charge >= 0.3 is 0 Å². The number of aromatic nitrogens is 1. The second-order valence-corrected chi connectivity index (χ2v) is 5.65. The van der Waals surface area contributed by atoms with E-state index in [1.807, 2.05) is 12.3 Å². The van der Waals surface area contributed by atoms with Gasteiger partial charge in [0, 0.05) is 12.2 Å². The minimum atomic E-state index is 0.586. The lowest BCUT2D eigenvalue weighted by atomic mass is 9.90. The van der Waals surface area contributed by atoms with E-state index in [0.29, 0.717) is 11.2 Å². The van der Waals surface area contributed by atoms with Gasteiger partial charge in [0.1, 0.15) is 5.15 Å². The zero-order chi connectivity index (χ0) is 12.3. The standard InChI is InChI=1S/C14H21ClN2/c1-11(2)17-7-5-12(6-8-17)9-13-3-4-14(15)16-10-13/h3-4,10-12H,5-9H2,1-2H3. The summed E-state index contributed by atoms with van der Waals surface area (Å²) in [6.07, 6.45) is 5.68. The summed E-state index contributed by atoms with van der Waals surface area (Å²) >= 11 is 5.79. The molecule has 1 aliphatic heterocycles. The van der Waals surface area contributed by atoms with Crippen molar-refractivity contribution >= 4 is 11.6 Å². The highest BCUT2D eigenvalue weighted by Crippen LogP contribution is 2.22. The van der Waals surface area contributed by atoms with Crippen molar-refractivity contribution in [3.63, 3.8) is 0 Å². The lowest BCUT2D eigenvalue weighted by molar-refractivity contribution is 0.149. The molecular weight excluding hydrogens is 232 g/mol. The van der Waals surface area contributed by atoms with Crippen LogP contribution in [0.1, 0.15) is 32.3 Å². The minimum absolute atomic E-state index is 0.586. The van der Waals surface area contributed by atoms with Crippen molar-refractivity contribution in [1.82, 2.24) is 9.88 Å². The average Bonchev–Trinajstić information content (AvgIpc) is 2.33. The number of nitrogens with zero attached hydrogens (tertiary/aromatic N) is 2. The van der Waals surface area contributed by atoms with Gasteiger partial charge in [-0.25, -0.2) is 4.98 Å². The van der Waals surface area contributed by atoms with Gasteiger partial charge in [0.15, 0.2) is 0 Å². The van der Waals surface area contributed by atoms with Crippen LogP contribution in [0.2, 0.25) is 5.15 Å². The van der Waals surface area contributed by atoms with E-state index in [1.165, 1.54) is 31.5 Å². The molecule has 17 heavy (non-hydrogen) atoms. The zero-order valence-electron chi connectivity index (χ0n) is 10.7. The van der Waals surface area contributed by atoms with Crippen LogP contribution >= 0.6 is 11.6 Å². The fourth-order valence-corrected chi connectivity index (χ4v) is 2.65. The Morgan fingerprint density at radius 2 is 2.06 bits per heavy atom. The van der Waals surface area contributed by atoms with Gasteiger partial charge in [0.2, 0.25) is 0 Å². The largest absolute Gasteiger partial charge is 0.301 e. The summed E-state index contributed by atoms with van der Waals surface area (Å²) in [5.74, 6) is 0.813. The topological polar surface area (TPSA) is 16.1 Å². The summed E-state index contributed by atoms with van der Waals surface area (Å²) in [5.41, 5.74) is 1.32. The van der Waals surface area contributed by atoms with E-state index in [9.17, 15) is 0 Å². The van der Waals surface area contributed by atoms with Crippen LogP contribution in [0.25, 0.3) is 0 Å². The zero-order valence-corrected chi connectivity index (χ0v) is 11.5. The van der Waals surface area contributed by atoms with Crippen molar-refractivity contribution in [3.8, 4) is 0 Å². The number of hydrogen-bond donors (Lipinski definition) is 0. The highest BCUT2D eigenvalue weighted by molar-refractivity contribution is 6.29. The van der Waals surface area contributed by atoms with Crippen molar-refractivity contribution in [2.45, 2.75) is 39.2 Å². The summed E-state index contributed by atoms with van der Waals surface area (Å²) < 4.78 is 0. The molecule has 1 aromatic heterocycles. The highest BCUT2D eigenvalue weighted by atomic mass is 35.5. The molecule has 0 spiro atoms. The molecule has 1 aromatic rings. The first kappa shape index (κ1) is 12.8. The molecule has 2 heterocycles. The van der Waals surface area contributed by atoms with E-state index in [1.54, 1.807) is 0 Å². The van der Waals surface area contributed by atoms with Gasteiger partial charge in [0.25, 0.3) is 0 Å². The second-order valence-electron chi connectivity index (χ2n) is 5.27. The first-order valence-electron chi connectivity index (χ1n) is 6.49. The van der Waals surface area contributed by atoms with E-state index < -0.39 is 0 Å². The Labute approximate surface area is 109 Å². The Hall–Kier alpha value is -0.600. The summed E-state index contributed by atoms with van der Waals surface area (Å²) in [7, 11) is 0. The molecule has 2 rings (SSSR count). The third-order valence-electron chi connectivity index (χ3n) is 3.69. The molecule has 0 atom stereocenters. The fourth-order valence-electron chi connectivity index (χ4n) is 2.53. The summed E-state index contributed by atoms with van der Waals surface area (Å²) in [6.45, 7) is 7.04. The lowest BCUT2D eigenvalue weighted by Crippen LogP contribution is -2.38. The van der Waals surface area contributed by atoms with Crippen LogP contribution in [0, 0.1) is 5.92 Å². The maximum absolute atomic E-state index is 5.79. The van der Waals surface area contributed by atoms with Crippen molar-refractivity contribution in [1.29, 1.82) is 0 Å². The molecule has 0 aromatic carbocycles. The van der Waals surface area contributed by atoms with Crippen LogP contribution < -0.4 is 0 Å². The van der Waals surface area contributed by atoms with Crippen LogP contribution in [0.5, 0.6) is 0 Å². The molecule has 94 valence electrons. The number of rotatable bonds is 3. The fraction of sp³-hybridized carbons (Fsp3) is 0.643. The van der Waals surface area contributed by atoms with Gasteiger partial charge in [-0.2, -0.15) is 0 Å². The number of hydrogen-bond acceptors (Lipinski definition) is 2. The Bertz CT molecular complexity index is 340. The first-order valence-corrected chi connectivity index (χ1v) is 6.87. The van der Waals surface area contributed by atoms with Gasteiger partial charge in [-0.3, -0.25) is 0 Å². The van der Waals surface area contributed by atoms with Gasteiger partial charge < -0.3 is 4.90 Å². The predicted molar refractivity (Wildman–Crippen MR) is 72.4 cm³/mol. The molecule has 3 heteroatoms. The number of likely N-dealkylation sites (tertiary alicyclic amines) is 1. The minimum Gasteiger partial charge on any atom is -0.301 e. The summed E-state index contributed by atoms with van der Waals surface area (Å²) in [6, 6.07) is 4.68. The lowest BCUT2D eigenvalue weighted by Gasteiger charge is -2.34. The average molecular weight is 253 g/mol. The van der Waals surface area contributed by atoms with E-state index in [0.717, 1.165) is 12.3 Å². The molecule has 1 fully saturated rings. The van der Waals surface area contributed by atoms with Crippen molar-refractivity contribution in [2.75, 3.05) is 13.1 Å². The van der Waals surface area contributed by atoms with Crippen LogP contribution in [0.3, 0.4) is 0 Å². The smallest absolute Gasteiger partial charge is 0.129 e. The van der Waals surface area contributed by atoms with Crippen molar-refractivity contribution in [2.24, 2.45) is 5.92 Å². The Morgan fingerprint density at radius 3 is 2.59 bits per heavy atom. The molecule has 0 unspecified atom stereocenters. The third kappa shape index (κ3) is 3.68. The van der Waals surface area contributed by atoms with Gasteiger partial charge in [-0.15, -0.1) is 0 Å². The molecule has 2 nitrogen and oxygen atoms in total. The molecule has 1 saturated heterocycles.